The quantitative estimate of drug-likeness (QED) is 0.191. The van der Waals surface area contributed by atoms with Crippen LogP contribution in [0.1, 0.15) is 153 Å². The Morgan fingerprint density at radius 1 is 0.561 bits per heavy atom. The van der Waals surface area contributed by atoms with Crippen molar-refractivity contribution in [3.8, 4) is 11.5 Å². The number of hydrogen-bond donors (Lipinski definition) is 0. The van der Waals surface area contributed by atoms with Gasteiger partial charge >= 0.3 is 0 Å². The standard InChI is InChI=1S/C38H60N2O/c1-5-9-11-13-29-15-19-31(20-16-29)23-33-25-35(27-39-37(33)7-3)41-36-26-34(38(8-4)40-28-36)24-32-21-17-30(18-22-32)14-12-10-6-2/h25-32H,5-24H2,1-4H3. The second-order valence-corrected chi connectivity index (χ2v) is 13.5. The van der Waals surface area contributed by atoms with Gasteiger partial charge in [0.15, 0.2) is 0 Å². The van der Waals surface area contributed by atoms with Crippen LogP contribution < -0.4 is 4.74 Å². The molecule has 0 aromatic carbocycles. The Bertz CT molecular complexity index is 935. The van der Waals surface area contributed by atoms with Gasteiger partial charge in [0.05, 0.1) is 12.4 Å². The van der Waals surface area contributed by atoms with Crippen LogP contribution in [-0.2, 0) is 25.7 Å². The molecule has 2 fully saturated rings. The van der Waals surface area contributed by atoms with Crippen molar-refractivity contribution in [2.45, 2.75) is 156 Å². The van der Waals surface area contributed by atoms with Gasteiger partial charge in [-0.3, -0.25) is 9.97 Å². The molecule has 0 atom stereocenters. The van der Waals surface area contributed by atoms with Crippen LogP contribution in [0.2, 0.25) is 0 Å². The van der Waals surface area contributed by atoms with Gasteiger partial charge in [-0.1, -0.05) is 105 Å². The summed E-state index contributed by atoms with van der Waals surface area (Å²) in [5.41, 5.74) is 5.28. The van der Waals surface area contributed by atoms with Gasteiger partial charge in [0.25, 0.3) is 0 Å². The summed E-state index contributed by atoms with van der Waals surface area (Å²) >= 11 is 0. The first-order valence-corrected chi connectivity index (χ1v) is 17.7. The predicted molar refractivity (Wildman–Crippen MR) is 174 cm³/mol. The number of pyridine rings is 2. The van der Waals surface area contributed by atoms with Gasteiger partial charge in [-0.05, 0) is 98.3 Å². The molecule has 2 aromatic rings. The van der Waals surface area contributed by atoms with Crippen molar-refractivity contribution in [2.75, 3.05) is 0 Å². The number of hydrogen-bond acceptors (Lipinski definition) is 3. The van der Waals surface area contributed by atoms with Crippen LogP contribution in [0.15, 0.2) is 24.5 Å². The van der Waals surface area contributed by atoms with Gasteiger partial charge in [0.2, 0.25) is 0 Å². The fourth-order valence-corrected chi connectivity index (χ4v) is 7.71. The lowest BCUT2D eigenvalue weighted by Crippen LogP contribution is -2.17. The molecule has 2 heterocycles. The fraction of sp³-hybridized carbons (Fsp3) is 0.737. The summed E-state index contributed by atoms with van der Waals surface area (Å²) in [6, 6.07) is 4.57. The summed E-state index contributed by atoms with van der Waals surface area (Å²) in [5, 5.41) is 0. The average Bonchev–Trinajstić information content (AvgIpc) is 2.99. The van der Waals surface area contributed by atoms with Gasteiger partial charge < -0.3 is 4.74 Å². The number of nitrogens with zero attached hydrogens (tertiary/aromatic N) is 2. The maximum atomic E-state index is 6.46. The van der Waals surface area contributed by atoms with Crippen molar-refractivity contribution in [1.29, 1.82) is 0 Å². The van der Waals surface area contributed by atoms with E-state index in [0.717, 1.165) is 60.9 Å². The first-order valence-electron chi connectivity index (χ1n) is 17.7. The smallest absolute Gasteiger partial charge is 0.146 e. The highest BCUT2D eigenvalue weighted by Crippen LogP contribution is 2.37. The molecule has 0 spiro atoms. The van der Waals surface area contributed by atoms with Crippen molar-refractivity contribution in [1.82, 2.24) is 9.97 Å². The largest absolute Gasteiger partial charge is 0.454 e. The molecule has 2 aliphatic rings. The highest BCUT2D eigenvalue weighted by Gasteiger charge is 2.24. The van der Waals surface area contributed by atoms with Crippen LogP contribution in [-0.4, -0.2) is 9.97 Å². The minimum Gasteiger partial charge on any atom is -0.454 e. The normalized spacial score (nSPS) is 23.0. The first-order chi connectivity index (χ1) is 20.1. The summed E-state index contributed by atoms with van der Waals surface area (Å²) in [6.45, 7) is 9.08. The van der Waals surface area contributed by atoms with Gasteiger partial charge in [-0.25, -0.2) is 0 Å². The molecule has 4 rings (SSSR count). The summed E-state index contributed by atoms with van der Waals surface area (Å²) in [4.78, 5) is 9.72. The molecule has 0 radical (unpaired) electrons. The molecule has 3 nitrogen and oxygen atoms in total. The third kappa shape index (κ3) is 10.1. The molecule has 3 heteroatoms. The second kappa shape index (κ2) is 17.3. The van der Waals surface area contributed by atoms with Crippen molar-refractivity contribution in [3.63, 3.8) is 0 Å². The van der Waals surface area contributed by atoms with Crippen LogP contribution >= 0.6 is 0 Å². The van der Waals surface area contributed by atoms with Crippen LogP contribution in [0.25, 0.3) is 0 Å². The van der Waals surface area contributed by atoms with Crippen LogP contribution in [0, 0.1) is 23.7 Å². The van der Waals surface area contributed by atoms with E-state index in [9.17, 15) is 0 Å². The fourth-order valence-electron chi connectivity index (χ4n) is 7.71. The second-order valence-electron chi connectivity index (χ2n) is 13.5. The first kappa shape index (κ1) is 32.0. The zero-order chi connectivity index (χ0) is 28.9. The molecule has 0 N–H and O–H groups in total. The number of aryl methyl sites for hydroxylation is 2. The van der Waals surface area contributed by atoms with E-state index in [1.165, 1.54) is 125 Å². The molecule has 0 bridgehead atoms. The Hall–Kier alpha value is -1.90. The third-order valence-corrected chi connectivity index (χ3v) is 10.4. The van der Waals surface area contributed by atoms with E-state index in [0.29, 0.717) is 0 Å². The maximum absolute atomic E-state index is 6.46. The molecule has 2 saturated carbocycles. The number of ether oxygens (including phenoxy) is 1. The lowest BCUT2D eigenvalue weighted by atomic mass is 9.77. The van der Waals surface area contributed by atoms with E-state index in [1.54, 1.807) is 0 Å². The molecule has 2 aromatic heterocycles. The summed E-state index contributed by atoms with van der Waals surface area (Å²) in [5.74, 6) is 5.25. The number of aromatic nitrogens is 2. The number of rotatable bonds is 16. The summed E-state index contributed by atoms with van der Waals surface area (Å²) < 4.78 is 6.46. The zero-order valence-electron chi connectivity index (χ0n) is 27.1. The van der Waals surface area contributed by atoms with Crippen LogP contribution in [0.5, 0.6) is 11.5 Å². The van der Waals surface area contributed by atoms with E-state index in [4.69, 9.17) is 14.7 Å². The molecular formula is C38H60N2O. The van der Waals surface area contributed by atoms with Crippen molar-refractivity contribution in [3.05, 3.63) is 47.0 Å². The Balaban J connectivity index is 1.34. The van der Waals surface area contributed by atoms with E-state index >= 15 is 0 Å². The highest BCUT2D eigenvalue weighted by atomic mass is 16.5. The molecule has 228 valence electrons. The van der Waals surface area contributed by atoms with Gasteiger partial charge in [0.1, 0.15) is 11.5 Å². The number of unbranched alkanes of at least 4 members (excludes halogenated alkanes) is 4. The Morgan fingerprint density at radius 2 is 0.951 bits per heavy atom. The van der Waals surface area contributed by atoms with Gasteiger partial charge in [0, 0.05) is 11.4 Å². The summed E-state index contributed by atoms with van der Waals surface area (Å²) in [6.07, 6.45) is 30.5. The lowest BCUT2D eigenvalue weighted by Gasteiger charge is -2.29. The Kier molecular flexibility index (Phi) is 13.5. The van der Waals surface area contributed by atoms with Crippen molar-refractivity contribution < 1.29 is 4.74 Å². The maximum Gasteiger partial charge on any atom is 0.146 e. The minimum absolute atomic E-state index is 0.790. The lowest BCUT2D eigenvalue weighted by molar-refractivity contribution is 0.257. The predicted octanol–water partition coefficient (Wildman–Crippen LogP) is 11.3. The Labute approximate surface area is 252 Å². The van der Waals surface area contributed by atoms with E-state index in [1.807, 2.05) is 12.4 Å². The average molecular weight is 561 g/mol. The molecular weight excluding hydrogens is 500 g/mol. The molecule has 0 saturated heterocycles. The van der Waals surface area contributed by atoms with E-state index < -0.39 is 0 Å². The summed E-state index contributed by atoms with van der Waals surface area (Å²) in [7, 11) is 0. The monoisotopic (exact) mass is 560 g/mol. The topological polar surface area (TPSA) is 35.0 Å². The van der Waals surface area contributed by atoms with Crippen LogP contribution in [0.4, 0.5) is 0 Å². The third-order valence-electron chi connectivity index (χ3n) is 10.4. The van der Waals surface area contributed by atoms with E-state index in [-0.39, 0.29) is 0 Å². The zero-order valence-corrected chi connectivity index (χ0v) is 27.1. The minimum atomic E-state index is 0.790. The highest BCUT2D eigenvalue weighted by molar-refractivity contribution is 5.36. The molecule has 41 heavy (non-hydrogen) atoms. The van der Waals surface area contributed by atoms with Crippen molar-refractivity contribution in [2.24, 2.45) is 23.7 Å². The van der Waals surface area contributed by atoms with E-state index in [2.05, 4.69) is 39.8 Å². The SMILES string of the molecule is CCCCCC1CCC(Cc2cc(Oc3cnc(CC)c(CC4CCC(CCCCC)CC4)c3)cnc2CC)CC1. The van der Waals surface area contributed by atoms with Gasteiger partial charge in [-0.15, -0.1) is 0 Å². The Morgan fingerprint density at radius 3 is 1.32 bits per heavy atom. The molecule has 2 aliphatic carbocycles. The van der Waals surface area contributed by atoms with Crippen molar-refractivity contribution >= 4 is 0 Å². The van der Waals surface area contributed by atoms with Gasteiger partial charge in [-0.2, -0.15) is 0 Å². The molecule has 0 amide bonds. The van der Waals surface area contributed by atoms with Crippen LogP contribution in [0.3, 0.4) is 0 Å². The molecule has 0 unspecified atom stereocenters. The molecule has 0 aliphatic heterocycles.